The highest BCUT2D eigenvalue weighted by Gasteiger charge is 2.44. The predicted octanol–water partition coefficient (Wildman–Crippen LogP) is 17.1. The molecule has 0 spiro atoms. The van der Waals surface area contributed by atoms with Crippen molar-refractivity contribution in [1.82, 2.24) is 5.32 Å². The van der Waals surface area contributed by atoms with Gasteiger partial charge in [0, 0.05) is 6.42 Å². The lowest BCUT2D eigenvalue weighted by Gasteiger charge is -2.40. The molecule has 6 N–H and O–H groups in total. The van der Waals surface area contributed by atoms with E-state index >= 15 is 0 Å². The van der Waals surface area contributed by atoms with Gasteiger partial charge in [0.25, 0.3) is 0 Å². The van der Waals surface area contributed by atoms with Crippen LogP contribution in [0.15, 0.2) is 36.5 Å². The van der Waals surface area contributed by atoms with E-state index in [1.54, 1.807) is 6.08 Å². The number of rotatable bonds is 57. The van der Waals surface area contributed by atoms with Gasteiger partial charge in [0.05, 0.1) is 25.4 Å². The van der Waals surface area contributed by atoms with Crippen LogP contribution < -0.4 is 5.32 Å². The summed E-state index contributed by atoms with van der Waals surface area (Å²) in [6.45, 7) is 3.81. The second-order valence-corrected chi connectivity index (χ2v) is 22.9. The number of allylic oxidation sites excluding steroid dienone is 5. The van der Waals surface area contributed by atoms with Crippen molar-refractivity contribution in [2.75, 3.05) is 13.2 Å². The van der Waals surface area contributed by atoms with Gasteiger partial charge < -0.3 is 40.3 Å². The molecule has 1 heterocycles. The fraction of sp³-hybridized carbons (Fsp3) is 0.894. The smallest absolute Gasteiger partial charge is 0.220 e. The van der Waals surface area contributed by atoms with Gasteiger partial charge in [-0.3, -0.25) is 4.79 Å². The number of nitrogens with one attached hydrogen (secondary N) is 1. The van der Waals surface area contributed by atoms with E-state index < -0.39 is 49.5 Å². The van der Waals surface area contributed by atoms with E-state index in [9.17, 15) is 30.3 Å². The first kappa shape index (κ1) is 71.4. The van der Waals surface area contributed by atoms with Crippen molar-refractivity contribution < 1.29 is 39.8 Å². The van der Waals surface area contributed by atoms with Gasteiger partial charge in [-0.05, 0) is 57.8 Å². The van der Waals surface area contributed by atoms with Gasteiger partial charge in [0.15, 0.2) is 6.29 Å². The molecule has 1 saturated heterocycles. The summed E-state index contributed by atoms with van der Waals surface area (Å²) in [7, 11) is 0. The van der Waals surface area contributed by atoms with Gasteiger partial charge in [0.1, 0.15) is 24.4 Å². The molecule has 1 aliphatic heterocycles. The molecule has 7 atom stereocenters. The minimum Gasteiger partial charge on any atom is -0.394 e. The first-order valence-corrected chi connectivity index (χ1v) is 32.7. The van der Waals surface area contributed by atoms with Gasteiger partial charge in [-0.2, -0.15) is 0 Å². The summed E-state index contributed by atoms with van der Waals surface area (Å²) in [6.07, 6.45) is 66.7. The van der Waals surface area contributed by atoms with Gasteiger partial charge in [-0.15, -0.1) is 0 Å². The highest BCUT2D eigenvalue weighted by atomic mass is 16.7. The lowest BCUT2D eigenvalue weighted by atomic mass is 9.99. The Hall–Kier alpha value is -1.59. The normalized spacial score (nSPS) is 19.1. The maximum atomic E-state index is 13.1. The minimum absolute atomic E-state index is 0.182. The summed E-state index contributed by atoms with van der Waals surface area (Å²) < 4.78 is 11.3. The van der Waals surface area contributed by atoms with Crippen molar-refractivity contribution in [1.29, 1.82) is 0 Å². The second kappa shape index (κ2) is 55.7. The fourth-order valence-electron chi connectivity index (χ4n) is 10.5. The molecule has 1 rings (SSSR count). The largest absolute Gasteiger partial charge is 0.394 e. The number of aliphatic hydroxyl groups is 5. The minimum atomic E-state index is -1.57. The van der Waals surface area contributed by atoms with Gasteiger partial charge in [-0.25, -0.2) is 0 Å². The summed E-state index contributed by atoms with van der Waals surface area (Å²) in [5.41, 5.74) is 0. The number of amides is 1. The Kier molecular flexibility index (Phi) is 53.1. The lowest BCUT2D eigenvalue weighted by Crippen LogP contribution is -2.60. The van der Waals surface area contributed by atoms with Crippen LogP contribution >= 0.6 is 0 Å². The molecule has 442 valence electrons. The van der Waals surface area contributed by atoms with E-state index in [4.69, 9.17) is 9.47 Å². The standard InChI is InChI=1S/C66H125NO8/c1-3-5-7-9-11-13-15-17-19-21-23-25-27-29-30-31-32-34-36-38-40-42-44-46-48-50-52-54-56-62(70)67-59(58-74-66-65(73)64(72)63(71)61(57-68)75-66)60(69)55-53-51-49-47-45-43-41-39-37-35-33-28-26-24-22-20-18-16-14-12-10-8-6-4-2/h29-30,45,47,53,55,59-61,63-66,68-69,71-73H,3-28,31-44,46,48-52,54,56-58H2,1-2H3,(H,67,70)/b30-29-,47-45+,55-53+. The summed E-state index contributed by atoms with van der Waals surface area (Å²) in [5, 5.41) is 54.6. The van der Waals surface area contributed by atoms with Crippen molar-refractivity contribution in [2.24, 2.45) is 0 Å². The van der Waals surface area contributed by atoms with Crippen molar-refractivity contribution in [3.05, 3.63) is 36.5 Å². The third-order valence-corrected chi connectivity index (χ3v) is 15.7. The Morgan fingerprint density at radius 1 is 0.440 bits per heavy atom. The molecule has 0 bridgehead atoms. The Bertz CT molecular complexity index is 1270. The van der Waals surface area contributed by atoms with Crippen LogP contribution in [0.5, 0.6) is 0 Å². The zero-order chi connectivity index (χ0) is 54.3. The van der Waals surface area contributed by atoms with Gasteiger partial charge in [-0.1, -0.05) is 294 Å². The van der Waals surface area contributed by atoms with Gasteiger partial charge >= 0.3 is 0 Å². The second-order valence-electron chi connectivity index (χ2n) is 22.9. The van der Waals surface area contributed by atoms with Crippen LogP contribution in [0, 0.1) is 0 Å². The van der Waals surface area contributed by atoms with Gasteiger partial charge in [0.2, 0.25) is 5.91 Å². The van der Waals surface area contributed by atoms with E-state index in [1.165, 1.54) is 263 Å². The Morgan fingerprint density at radius 3 is 1.12 bits per heavy atom. The third kappa shape index (κ3) is 44.9. The maximum absolute atomic E-state index is 13.1. The molecule has 0 aliphatic carbocycles. The number of hydrogen-bond acceptors (Lipinski definition) is 8. The molecule has 7 unspecified atom stereocenters. The molecule has 0 aromatic rings. The molecule has 1 aliphatic rings. The Balaban J connectivity index is 2.18. The monoisotopic (exact) mass is 1060 g/mol. The number of aliphatic hydroxyl groups excluding tert-OH is 5. The van der Waals surface area contributed by atoms with Crippen LogP contribution in [0.25, 0.3) is 0 Å². The molecule has 0 aromatic heterocycles. The van der Waals surface area contributed by atoms with E-state index in [1.807, 2.05) is 6.08 Å². The molecule has 1 fully saturated rings. The maximum Gasteiger partial charge on any atom is 0.220 e. The lowest BCUT2D eigenvalue weighted by molar-refractivity contribution is -0.302. The molecule has 1 amide bonds. The van der Waals surface area contributed by atoms with Crippen molar-refractivity contribution in [3.8, 4) is 0 Å². The number of carbonyl (C=O) groups excluding carboxylic acids is 1. The van der Waals surface area contributed by atoms with E-state index in [0.29, 0.717) is 6.42 Å². The average molecular weight is 1060 g/mol. The van der Waals surface area contributed by atoms with Crippen LogP contribution in [-0.4, -0.2) is 87.5 Å². The van der Waals surface area contributed by atoms with Crippen LogP contribution in [0.4, 0.5) is 0 Å². The summed E-state index contributed by atoms with van der Waals surface area (Å²) in [6, 6.07) is -0.822. The molecule has 9 heteroatoms. The first-order chi connectivity index (χ1) is 36.8. The third-order valence-electron chi connectivity index (χ3n) is 15.7. The summed E-state index contributed by atoms with van der Waals surface area (Å²) >= 11 is 0. The highest BCUT2D eigenvalue weighted by Crippen LogP contribution is 2.23. The zero-order valence-electron chi connectivity index (χ0n) is 49.3. The molecular formula is C66H125NO8. The topological polar surface area (TPSA) is 149 Å². The van der Waals surface area contributed by atoms with Crippen LogP contribution in [0.3, 0.4) is 0 Å². The zero-order valence-corrected chi connectivity index (χ0v) is 49.3. The molecule has 75 heavy (non-hydrogen) atoms. The molecule has 0 aromatic carbocycles. The summed E-state index contributed by atoms with van der Waals surface area (Å²) in [5.74, 6) is -0.182. The highest BCUT2D eigenvalue weighted by molar-refractivity contribution is 5.76. The van der Waals surface area contributed by atoms with Crippen molar-refractivity contribution >= 4 is 5.91 Å². The number of ether oxygens (including phenoxy) is 2. The van der Waals surface area contributed by atoms with E-state index in [2.05, 4.69) is 43.5 Å². The molecule has 0 radical (unpaired) electrons. The van der Waals surface area contributed by atoms with Crippen LogP contribution in [-0.2, 0) is 14.3 Å². The number of hydrogen-bond donors (Lipinski definition) is 6. The number of carbonyl (C=O) groups is 1. The average Bonchev–Trinajstić information content (AvgIpc) is 3.41. The van der Waals surface area contributed by atoms with Crippen molar-refractivity contribution in [2.45, 2.75) is 365 Å². The van der Waals surface area contributed by atoms with Crippen molar-refractivity contribution in [3.63, 3.8) is 0 Å². The predicted molar refractivity (Wildman–Crippen MR) is 318 cm³/mol. The van der Waals surface area contributed by atoms with Crippen LogP contribution in [0.1, 0.15) is 322 Å². The van der Waals surface area contributed by atoms with Crippen LogP contribution in [0.2, 0.25) is 0 Å². The first-order valence-electron chi connectivity index (χ1n) is 32.7. The fourth-order valence-corrected chi connectivity index (χ4v) is 10.5. The Morgan fingerprint density at radius 2 is 0.760 bits per heavy atom. The SMILES string of the molecule is CCCCCCCCCCCCCC/C=C\CCCCCCCCCCCCCCC(=O)NC(COC1OC(CO)C(O)C(O)C1O)C(O)/C=C/CC/C=C/CCCCCCCCCCCCCCCCCCCC. The van der Waals surface area contributed by atoms with E-state index in [0.717, 1.165) is 38.5 Å². The molecule has 9 nitrogen and oxygen atoms in total. The molecular weight excluding hydrogens is 935 g/mol. The number of unbranched alkanes of at least 4 members (excludes halogenated alkanes) is 43. The molecule has 0 saturated carbocycles. The Labute approximate surface area is 463 Å². The van der Waals surface area contributed by atoms with E-state index in [-0.39, 0.29) is 12.5 Å². The summed E-state index contributed by atoms with van der Waals surface area (Å²) in [4.78, 5) is 13.1. The quantitative estimate of drug-likeness (QED) is 0.0261.